The lowest BCUT2D eigenvalue weighted by atomic mass is 10.0. The number of rotatable bonds is 4. The minimum atomic E-state index is 0.467. The first kappa shape index (κ1) is 11.3. The van der Waals surface area contributed by atoms with Crippen molar-refractivity contribution in [1.29, 1.82) is 0 Å². The number of nitrogens with zero attached hydrogens (tertiary/aromatic N) is 1. The third kappa shape index (κ3) is 2.69. The van der Waals surface area contributed by atoms with Crippen LogP contribution in [0.2, 0.25) is 0 Å². The Balaban J connectivity index is 2.33. The second kappa shape index (κ2) is 5.25. The van der Waals surface area contributed by atoms with E-state index in [0.717, 1.165) is 16.9 Å². The lowest BCUT2D eigenvalue weighted by molar-refractivity contribution is 0.414. The summed E-state index contributed by atoms with van der Waals surface area (Å²) in [6.07, 6.45) is 0.680. The van der Waals surface area contributed by atoms with E-state index in [1.54, 1.807) is 19.2 Å². The lowest BCUT2D eigenvalue weighted by Gasteiger charge is -2.06. The molecule has 3 nitrogen and oxygen atoms in total. The molecule has 86 valence electrons. The molecule has 0 unspecified atom stereocenters. The second-order valence-corrected chi connectivity index (χ2v) is 3.75. The summed E-state index contributed by atoms with van der Waals surface area (Å²) < 4.78 is 5.15. The van der Waals surface area contributed by atoms with Gasteiger partial charge in [-0.2, -0.15) is 0 Å². The van der Waals surface area contributed by atoms with Crippen LogP contribution in [0.4, 0.5) is 5.69 Å². The third-order valence-corrected chi connectivity index (χ3v) is 2.62. The second-order valence-electron chi connectivity index (χ2n) is 3.75. The normalized spacial score (nSPS) is 9.94. The Morgan fingerprint density at radius 3 is 2.53 bits per heavy atom. The van der Waals surface area contributed by atoms with Gasteiger partial charge in [0.05, 0.1) is 7.11 Å². The summed E-state index contributed by atoms with van der Waals surface area (Å²) in [5.74, 6) is 0.739. The zero-order valence-corrected chi connectivity index (χ0v) is 9.59. The van der Waals surface area contributed by atoms with Gasteiger partial charge in [0.15, 0.2) is 0 Å². The Morgan fingerprint density at radius 1 is 1.12 bits per heavy atom. The van der Waals surface area contributed by atoms with Gasteiger partial charge in [-0.05, 0) is 40.9 Å². The van der Waals surface area contributed by atoms with Crippen molar-refractivity contribution in [3.05, 3.63) is 64.6 Å². The quantitative estimate of drug-likeness (QED) is 0.747. The average Bonchev–Trinajstić information content (AvgIpc) is 2.40. The van der Waals surface area contributed by atoms with Crippen LogP contribution in [0.3, 0.4) is 0 Å². The maximum absolute atomic E-state index is 10.7. The van der Waals surface area contributed by atoms with Crippen molar-refractivity contribution in [1.82, 2.24) is 0 Å². The maximum atomic E-state index is 10.7. The van der Waals surface area contributed by atoms with Crippen molar-refractivity contribution in [2.75, 3.05) is 7.11 Å². The number of methoxy groups -OCH3 is 1. The third-order valence-electron chi connectivity index (χ3n) is 2.62. The highest BCUT2D eigenvalue weighted by atomic mass is 16.5. The van der Waals surface area contributed by atoms with Crippen molar-refractivity contribution < 1.29 is 4.74 Å². The molecule has 0 aliphatic carbocycles. The summed E-state index contributed by atoms with van der Waals surface area (Å²) >= 11 is 0. The number of hydrogen-bond donors (Lipinski definition) is 0. The number of hydrogen-bond acceptors (Lipinski definition) is 3. The molecule has 2 rings (SSSR count). The van der Waals surface area contributed by atoms with Crippen LogP contribution in [0, 0.1) is 4.91 Å². The van der Waals surface area contributed by atoms with Gasteiger partial charge in [0, 0.05) is 0 Å². The van der Waals surface area contributed by atoms with Crippen LogP contribution in [0.5, 0.6) is 5.75 Å². The van der Waals surface area contributed by atoms with Gasteiger partial charge in [-0.25, -0.2) is 0 Å². The first-order valence-electron chi connectivity index (χ1n) is 5.37. The Morgan fingerprint density at radius 2 is 1.88 bits per heavy atom. The highest BCUT2D eigenvalue weighted by molar-refractivity contribution is 5.51. The molecule has 2 aromatic rings. The molecule has 0 aliphatic heterocycles. The molecule has 0 aromatic heterocycles. The van der Waals surface area contributed by atoms with E-state index in [1.165, 1.54) is 0 Å². The van der Waals surface area contributed by atoms with E-state index >= 15 is 0 Å². The van der Waals surface area contributed by atoms with Crippen LogP contribution in [-0.2, 0) is 6.42 Å². The highest BCUT2D eigenvalue weighted by Crippen LogP contribution is 2.26. The van der Waals surface area contributed by atoms with Crippen molar-refractivity contribution in [2.45, 2.75) is 6.42 Å². The SMILES string of the molecule is COc1ccc(N=O)c(Cc2ccccc2)c1. The summed E-state index contributed by atoms with van der Waals surface area (Å²) in [4.78, 5) is 10.7. The van der Waals surface area contributed by atoms with Crippen LogP contribution in [0.25, 0.3) is 0 Å². The molecule has 0 atom stereocenters. The lowest BCUT2D eigenvalue weighted by Crippen LogP contribution is -1.90. The Kier molecular flexibility index (Phi) is 3.50. The number of benzene rings is 2. The Labute approximate surface area is 100 Å². The first-order valence-corrected chi connectivity index (χ1v) is 5.37. The molecular weight excluding hydrogens is 214 g/mol. The summed E-state index contributed by atoms with van der Waals surface area (Å²) in [5, 5.41) is 3.04. The topological polar surface area (TPSA) is 38.7 Å². The van der Waals surface area contributed by atoms with Crippen molar-refractivity contribution in [2.24, 2.45) is 5.18 Å². The molecule has 0 bridgehead atoms. The molecule has 0 N–H and O–H groups in total. The van der Waals surface area contributed by atoms with E-state index in [4.69, 9.17) is 4.74 Å². The average molecular weight is 227 g/mol. The summed E-state index contributed by atoms with van der Waals surface area (Å²) in [5.41, 5.74) is 2.49. The van der Waals surface area contributed by atoms with Crippen LogP contribution in [0.15, 0.2) is 53.7 Å². The molecule has 0 radical (unpaired) electrons. The fraction of sp³-hybridized carbons (Fsp3) is 0.143. The molecule has 0 saturated carbocycles. The van der Waals surface area contributed by atoms with E-state index in [2.05, 4.69) is 5.18 Å². The van der Waals surface area contributed by atoms with Crippen molar-refractivity contribution in [3.63, 3.8) is 0 Å². The van der Waals surface area contributed by atoms with Gasteiger partial charge < -0.3 is 4.74 Å². The first-order chi connectivity index (χ1) is 8.33. The standard InChI is InChI=1S/C14H13NO2/c1-17-13-7-8-14(15-16)12(10-13)9-11-5-3-2-4-6-11/h2-8,10H,9H2,1H3. The Bertz CT molecular complexity index is 509. The van der Waals surface area contributed by atoms with Crippen molar-refractivity contribution in [3.8, 4) is 5.75 Å². The van der Waals surface area contributed by atoms with Gasteiger partial charge in [-0.15, -0.1) is 4.91 Å². The van der Waals surface area contributed by atoms with Gasteiger partial charge >= 0.3 is 0 Å². The molecule has 0 fully saturated rings. The molecule has 0 heterocycles. The number of ether oxygens (including phenoxy) is 1. The summed E-state index contributed by atoms with van der Waals surface area (Å²) in [6.45, 7) is 0. The van der Waals surface area contributed by atoms with E-state index in [1.807, 2.05) is 36.4 Å². The monoisotopic (exact) mass is 227 g/mol. The van der Waals surface area contributed by atoms with E-state index < -0.39 is 0 Å². The highest BCUT2D eigenvalue weighted by Gasteiger charge is 2.05. The van der Waals surface area contributed by atoms with Gasteiger partial charge in [0.1, 0.15) is 11.4 Å². The molecule has 2 aromatic carbocycles. The predicted octanol–water partition coefficient (Wildman–Crippen LogP) is 3.68. The van der Waals surface area contributed by atoms with Crippen LogP contribution in [-0.4, -0.2) is 7.11 Å². The van der Waals surface area contributed by atoms with Gasteiger partial charge in [0.25, 0.3) is 0 Å². The van der Waals surface area contributed by atoms with Crippen LogP contribution < -0.4 is 4.74 Å². The van der Waals surface area contributed by atoms with Crippen LogP contribution in [0.1, 0.15) is 11.1 Å². The van der Waals surface area contributed by atoms with Crippen LogP contribution >= 0.6 is 0 Å². The van der Waals surface area contributed by atoms with E-state index in [-0.39, 0.29) is 0 Å². The fourth-order valence-electron chi connectivity index (χ4n) is 1.74. The molecule has 17 heavy (non-hydrogen) atoms. The smallest absolute Gasteiger partial charge is 0.119 e. The molecule has 0 saturated heterocycles. The van der Waals surface area contributed by atoms with Gasteiger partial charge in [0.2, 0.25) is 0 Å². The Hall–Kier alpha value is -2.16. The summed E-state index contributed by atoms with van der Waals surface area (Å²) in [7, 11) is 1.61. The molecule has 0 amide bonds. The molecule has 0 aliphatic rings. The van der Waals surface area contributed by atoms with Gasteiger partial charge in [-0.1, -0.05) is 30.3 Å². The fourth-order valence-corrected chi connectivity index (χ4v) is 1.74. The zero-order chi connectivity index (χ0) is 12.1. The zero-order valence-electron chi connectivity index (χ0n) is 9.59. The predicted molar refractivity (Wildman–Crippen MR) is 67.7 cm³/mol. The largest absolute Gasteiger partial charge is 0.497 e. The molecular formula is C14H13NO2. The minimum Gasteiger partial charge on any atom is -0.497 e. The maximum Gasteiger partial charge on any atom is 0.119 e. The molecule has 0 spiro atoms. The van der Waals surface area contributed by atoms with E-state index in [0.29, 0.717) is 12.1 Å². The number of nitroso groups, excluding NO2 is 1. The summed E-state index contributed by atoms with van der Waals surface area (Å²) in [6, 6.07) is 15.2. The molecule has 3 heteroatoms. The van der Waals surface area contributed by atoms with E-state index in [9.17, 15) is 4.91 Å². The van der Waals surface area contributed by atoms with Crippen molar-refractivity contribution >= 4 is 5.69 Å². The van der Waals surface area contributed by atoms with Gasteiger partial charge in [-0.3, -0.25) is 0 Å². The minimum absolute atomic E-state index is 0.467.